The summed E-state index contributed by atoms with van der Waals surface area (Å²) in [5.74, 6) is -0.127. The number of benzene rings is 2. The maximum atomic E-state index is 12.5. The number of aliphatic carboxylic acids is 1. The zero-order valence-corrected chi connectivity index (χ0v) is 27.4. The summed E-state index contributed by atoms with van der Waals surface area (Å²) in [6.45, 7) is 8.38. The molecule has 0 aliphatic heterocycles. The van der Waals surface area contributed by atoms with E-state index >= 15 is 0 Å². The van der Waals surface area contributed by atoms with Crippen molar-refractivity contribution in [2.75, 3.05) is 6.61 Å². The molecule has 0 spiro atoms. The molecule has 1 unspecified atom stereocenters. The van der Waals surface area contributed by atoms with Crippen molar-refractivity contribution in [1.29, 1.82) is 0 Å². The van der Waals surface area contributed by atoms with E-state index in [0.717, 1.165) is 42.4 Å². The third-order valence-corrected chi connectivity index (χ3v) is 9.33. The van der Waals surface area contributed by atoms with Crippen LogP contribution in [0.15, 0.2) is 54.6 Å². The van der Waals surface area contributed by atoms with Crippen LogP contribution in [0.5, 0.6) is 0 Å². The van der Waals surface area contributed by atoms with Gasteiger partial charge in [-0.1, -0.05) is 94.5 Å². The Morgan fingerprint density at radius 3 is 2.24 bits per heavy atom. The van der Waals surface area contributed by atoms with Crippen molar-refractivity contribution in [2.24, 2.45) is 17.3 Å². The average Bonchev–Trinajstić information content (AvgIpc) is 3.59. The van der Waals surface area contributed by atoms with Gasteiger partial charge < -0.3 is 15.2 Å². The first-order chi connectivity index (χ1) is 21.7. The first-order valence-electron chi connectivity index (χ1n) is 16.8. The van der Waals surface area contributed by atoms with Crippen molar-refractivity contribution in [1.82, 2.24) is 16.1 Å². The van der Waals surface area contributed by atoms with Crippen LogP contribution in [0.3, 0.4) is 0 Å². The molecule has 2 aliphatic carbocycles. The van der Waals surface area contributed by atoms with Crippen LogP contribution in [0.2, 0.25) is 0 Å². The molecule has 2 saturated carbocycles. The van der Waals surface area contributed by atoms with Gasteiger partial charge in [0.15, 0.2) is 6.29 Å². The van der Waals surface area contributed by atoms with Gasteiger partial charge in [-0.15, -0.1) is 0 Å². The minimum absolute atomic E-state index is 0.112. The van der Waals surface area contributed by atoms with Crippen molar-refractivity contribution >= 4 is 18.0 Å². The first-order valence-corrected chi connectivity index (χ1v) is 16.8. The number of carboxylic acid groups (broad SMARTS) is 1. The van der Waals surface area contributed by atoms with Crippen molar-refractivity contribution in [2.45, 2.75) is 111 Å². The second-order valence-corrected chi connectivity index (χ2v) is 13.3. The van der Waals surface area contributed by atoms with Crippen molar-refractivity contribution < 1.29 is 24.3 Å². The van der Waals surface area contributed by atoms with Crippen LogP contribution in [0.1, 0.15) is 101 Å². The highest BCUT2D eigenvalue weighted by molar-refractivity contribution is 5.90. The predicted molar refractivity (Wildman–Crippen MR) is 178 cm³/mol. The van der Waals surface area contributed by atoms with Crippen LogP contribution >= 0.6 is 0 Å². The second-order valence-electron chi connectivity index (χ2n) is 13.3. The molecular weight excluding hydrogens is 566 g/mol. The van der Waals surface area contributed by atoms with Crippen LogP contribution in [0.25, 0.3) is 6.08 Å². The molecule has 8 nitrogen and oxygen atoms in total. The number of hydrogen-bond acceptors (Lipinski definition) is 6. The molecule has 4 N–H and O–H groups in total. The lowest BCUT2D eigenvalue weighted by Crippen LogP contribution is -2.54. The molecule has 2 aromatic rings. The van der Waals surface area contributed by atoms with Crippen molar-refractivity contribution in [3.05, 3.63) is 76.9 Å². The van der Waals surface area contributed by atoms with Crippen molar-refractivity contribution in [3.63, 3.8) is 0 Å². The number of hydroxylamine groups is 1. The molecule has 0 bridgehead atoms. The number of ether oxygens (including phenoxy) is 1. The van der Waals surface area contributed by atoms with E-state index in [2.05, 4.69) is 60.3 Å². The van der Waals surface area contributed by atoms with Gasteiger partial charge >= 0.3 is 5.97 Å². The zero-order chi connectivity index (χ0) is 32.1. The molecule has 2 fully saturated rings. The minimum Gasteiger partial charge on any atom is -0.480 e. The number of nitrogens with one attached hydrogen (secondary N) is 3. The summed E-state index contributed by atoms with van der Waals surface area (Å²) in [6, 6.07) is 16.0. The average molecular weight is 620 g/mol. The summed E-state index contributed by atoms with van der Waals surface area (Å²) in [4.78, 5) is 29.9. The topological polar surface area (TPSA) is 109 Å². The summed E-state index contributed by atoms with van der Waals surface area (Å²) in [6.07, 6.45) is 13.1. The van der Waals surface area contributed by atoms with E-state index in [9.17, 15) is 14.7 Å². The summed E-state index contributed by atoms with van der Waals surface area (Å²) in [5.41, 5.74) is 6.60. The van der Waals surface area contributed by atoms with Crippen LogP contribution in [-0.4, -0.2) is 35.9 Å². The Hall–Kier alpha value is -3.04. The van der Waals surface area contributed by atoms with Crippen LogP contribution < -0.4 is 16.1 Å². The second kappa shape index (κ2) is 17.6. The summed E-state index contributed by atoms with van der Waals surface area (Å²) in [7, 11) is 0. The van der Waals surface area contributed by atoms with Gasteiger partial charge in [-0.05, 0) is 78.2 Å². The fourth-order valence-corrected chi connectivity index (χ4v) is 7.04. The van der Waals surface area contributed by atoms with Crippen LogP contribution in [0.4, 0.5) is 0 Å². The maximum Gasteiger partial charge on any atom is 0.321 e. The molecule has 246 valence electrons. The SMILES string of the molecule is CC(C)COC(C)ONC(=O)C=Cc1cccc(CNCc2ccc(CN[C@H](C(=O)O)C3(C4CCCC4)CCCCC3)cc2)c1. The van der Waals surface area contributed by atoms with Crippen LogP contribution in [0, 0.1) is 17.3 Å². The van der Waals surface area contributed by atoms with Gasteiger partial charge in [0.25, 0.3) is 5.91 Å². The maximum absolute atomic E-state index is 12.5. The molecule has 45 heavy (non-hydrogen) atoms. The molecule has 0 saturated heterocycles. The highest BCUT2D eigenvalue weighted by atomic mass is 16.8. The molecule has 0 radical (unpaired) electrons. The van der Waals surface area contributed by atoms with Gasteiger partial charge in [0.2, 0.25) is 0 Å². The predicted octanol–water partition coefficient (Wildman–Crippen LogP) is 6.74. The molecular formula is C37H53N3O5. The molecule has 2 aromatic carbocycles. The van der Waals surface area contributed by atoms with Gasteiger partial charge in [0, 0.05) is 25.7 Å². The summed E-state index contributed by atoms with van der Waals surface area (Å²) >= 11 is 0. The Bertz CT molecular complexity index is 1230. The first kappa shape index (κ1) is 34.8. The van der Waals surface area contributed by atoms with Gasteiger partial charge in [-0.3, -0.25) is 14.9 Å². The Balaban J connectivity index is 1.22. The third kappa shape index (κ3) is 10.8. The molecule has 8 heteroatoms. The highest BCUT2D eigenvalue weighted by Gasteiger charge is 2.49. The number of hydrogen-bond donors (Lipinski definition) is 4. The Labute approximate surface area is 269 Å². The number of carbonyl (C=O) groups excluding carboxylic acids is 1. The highest BCUT2D eigenvalue weighted by Crippen LogP contribution is 2.51. The van der Waals surface area contributed by atoms with E-state index < -0.39 is 18.3 Å². The third-order valence-electron chi connectivity index (χ3n) is 9.33. The number of rotatable bonds is 17. The van der Waals surface area contributed by atoms with E-state index in [1.165, 1.54) is 43.7 Å². The van der Waals surface area contributed by atoms with E-state index in [0.29, 0.717) is 38.1 Å². The standard InChI is InChI=1S/C37H53N3O5/c1-27(2)26-44-28(3)45-40-34(41)19-18-29-10-9-11-32(22-29)24-38-23-30-14-16-31(17-15-30)25-39-35(36(42)43)37(20-7-4-8-21-37)33-12-5-6-13-33/h9-11,14-19,22,27-28,33,35,38-39H,4-8,12-13,20-21,23-26H2,1-3H3,(H,40,41)(H,42,43)/t28?,35-/m1/s1. The molecule has 4 rings (SSSR count). The van der Waals surface area contributed by atoms with Gasteiger partial charge in [-0.25, -0.2) is 10.3 Å². The van der Waals surface area contributed by atoms with E-state index in [4.69, 9.17) is 9.57 Å². The number of amides is 1. The molecule has 2 aliphatic rings. The Morgan fingerprint density at radius 1 is 0.911 bits per heavy atom. The Kier molecular flexibility index (Phi) is 13.6. The molecule has 0 aromatic heterocycles. The molecule has 2 atom stereocenters. The number of carbonyl (C=O) groups is 2. The normalized spacial score (nSPS) is 18.3. The van der Waals surface area contributed by atoms with E-state index in [-0.39, 0.29) is 11.3 Å². The smallest absolute Gasteiger partial charge is 0.321 e. The fraction of sp³-hybridized carbons (Fsp3) is 0.568. The van der Waals surface area contributed by atoms with Crippen LogP contribution in [-0.2, 0) is 38.8 Å². The quantitative estimate of drug-likeness (QED) is 0.0882. The number of carboxylic acids is 1. The summed E-state index contributed by atoms with van der Waals surface area (Å²) in [5, 5.41) is 17.3. The van der Waals surface area contributed by atoms with Crippen molar-refractivity contribution in [3.8, 4) is 0 Å². The van der Waals surface area contributed by atoms with Gasteiger partial charge in [-0.2, -0.15) is 0 Å². The lowest BCUT2D eigenvalue weighted by molar-refractivity contribution is -0.180. The Morgan fingerprint density at radius 2 is 1.58 bits per heavy atom. The largest absolute Gasteiger partial charge is 0.480 e. The molecule has 0 heterocycles. The fourth-order valence-electron chi connectivity index (χ4n) is 7.04. The summed E-state index contributed by atoms with van der Waals surface area (Å²) < 4.78 is 5.48. The van der Waals surface area contributed by atoms with Gasteiger partial charge in [0.1, 0.15) is 6.04 Å². The lowest BCUT2D eigenvalue weighted by atomic mass is 9.61. The van der Waals surface area contributed by atoms with E-state index in [1.807, 2.05) is 18.2 Å². The lowest BCUT2D eigenvalue weighted by Gasteiger charge is -2.46. The van der Waals surface area contributed by atoms with E-state index in [1.54, 1.807) is 13.0 Å². The zero-order valence-electron chi connectivity index (χ0n) is 27.4. The van der Waals surface area contributed by atoms with Gasteiger partial charge in [0.05, 0.1) is 6.61 Å². The minimum atomic E-state index is -0.696. The monoisotopic (exact) mass is 619 g/mol. The molecule has 1 amide bonds.